The summed E-state index contributed by atoms with van der Waals surface area (Å²) in [6.45, 7) is 5.92. The predicted octanol–water partition coefficient (Wildman–Crippen LogP) is 0.149. The molecule has 1 aliphatic heterocycles. The summed E-state index contributed by atoms with van der Waals surface area (Å²) in [5, 5.41) is 18.1. The molecular weight excluding hydrogens is 229 g/mol. The van der Waals surface area contributed by atoms with Crippen molar-refractivity contribution < 1.29 is 14.8 Å². The van der Waals surface area contributed by atoms with Crippen LogP contribution in [0.25, 0.3) is 0 Å². The van der Waals surface area contributed by atoms with Gasteiger partial charge in [-0.2, -0.15) is 0 Å². The maximum Gasteiger partial charge on any atom is 0.488 e. The van der Waals surface area contributed by atoms with Crippen LogP contribution in [0.4, 0.5) is 0 Å². The first-order valence-electron chi connectivity index (χ1n) is 6.48. The van der Waals surface area contributed by atoms with Crippen molar-refractivity contribution >= 4 is 12.6 Å². The Morgan fingerprint density at radius 3 is 2.61 bits per heavy atom. The Balaban J connectivity index is 1.85. The molecule has 0 spiro atoms. The van der Waals surface area contributed by atoms with Gasteiger partial charge in [-0.1, -0.05) is 12.1 Å². The Kier molecular flexibility index (Phi) is 4.63. The minimum Gasteiger partial charge on any atom is -0.492 e. The molecule has 1 aromatic carbocycles. The average Bonchev–Trinajstić information content (AvgIpc) is 2.84. The third kappa shape index (κ3) is 3.48. The van der Waals surface area contributed by atoms with Crippen molar-refractivity contribution in [3.05, 3.63) is 23.8 Å². The molecule has 0 saturated carbocycles. The zero-order valence-electron chi connectivity index (χ0n) is 10.8. The molecule has 0 unspecified atom stereocenters. The molecule has 2 rings (SSSR count). The van der Waals surface area contributed by atoms with Crippen LogP contribution in [-0.4, -0.2) is 48.3 Å². The second-order valence-corrected chi connectivity index (χ2v) is 4.80. The normalized spacial score (nSPS) is 15.9. The maximum absolute atomic E-state index is 9.07. The van der Waals surface area contributed by atoms with Crippen molar-refractivity contribution in [1.82, 2.24) is 4.90 Å². The van der Waals surface area contributed by atoms with Gasteiger partial charge in [0.05, 0.1) is 0 Å². The van der Waals surface area contributed by atoms with Crippen LogP contribution in [0.15, 0.2) is 18.2 Å². The Labute approximate surface area is 108 Å². The first kappa shape index (κ1) is 13.4. The lowest BCUT2D eigenvalue weighted by Crippen LogP contribution is -2.30. The van der Waals surface area contributed by atoms with Gasteiger partial charge in [0.25, 0.3) is 0 Å². The molecule has 98 valence electrons. The maximum atomic E-state index is 9.07. The molecule has 0 bridgehead atoms. The second kappa shape index (κ2) is 6.23. The number of hydrogen-bond acceptors (Lipinski definition) is 4. The van der Waals surface area contributed by atoms with Crippen molar-refractivity contribution in [2.24, 2.45) is 0 Å². The lowest BCUT2D eigenvalue weighted by Gasteiger charge is -2.16. The lowest BCUT2D eigenvalue weighted by molar-refractivity contribution is 0.237. The van der Waals surface area contributed by atoms with Gasteiger partial charge in [-0.3, -0.25) is 4.90 Å². The van der Waals surface area contributed by atoms with Gasteiger partial charge < -0.3 is 14.8 Å². The van der Waals surface area contributed by atoms with Crippen LogP contribution >= 0.6 is 0 Å². The van der Waals surface area contributed by atoms with Gasteiger partial charge in [-0.05, 0) is 49.9 Å². The highest BCUT2D eigenvalue weighted by atomic mass is 16.5. The van der Waals surface area contributed by atoms with Gasteiger partial charge >= 0.3 is 7.12 Å². The number of nitrogens with zero attached hydrogens (tertiary/aromatic N) is 1. The Morgan fingerprint density at radius 1 is 1.28 bits per heavy atom. The molecule has 2 N–H and O–H groups in total. The Hall–Kier alpha value is -1.04. The largest absolute Gasteiger partial charge is 0.492 e. The smallest absolute Gasteiger partial charge is 0.488 e. The topological polar surface area (TPSA) is 52.9 Å². The predicted molar refractivity (Wildman–Crippen MR) is 72.2 cm³/mol. The van der Waals surface area contributed by atoms with E-state index in [0.717, 1.165) is 17.9 Å². The third-order valence-corrected chi connectivity index (χ3v) is 3.36. The van der Waals surface area contributed by atoms with Crippen LogP contribution in [-0.2, 0) is 0 Å². The summed E-state index contributed by atoms with van der Waals surface area (Å²) >= 11 is 0. The van der Waals surface area contributed by atoms with Crippen LogP contribution in [0.3, 0.4) is 0 Å². The summed E-state index contributed by atoms with van der Waals surface area (Å²) in [5.74, 6) is 0.818. The highest BCUT2D eigenvalue weighted by molar-refractivity contribution is 6.58. The zero-order chi connectivity index (χ0) is 13.0. The fourth-order valence-electron chi connectivity index (χ4n) is 2.29. The number of hydrogen-bond donors (Lipinski definition) is 2. The van der Waals surface area contributed by atoms with E-state index in [0.29, 0.717) is 12.1 Å². The molecule has 0 aliphatic carbocycles. The first-order valence-corrected chi connectivity index (χ1v) is 6.48. The lowest BCUT2D eigenvalue weighted by atomic mass is 9.79. The summed E-state index contributed by atoms with van der Waals surface area (Å²) in [4.78, 5) is 2.40. The zero-order valence-corrected chi connectivity index (χ0v) is 10.8. The summed E-state index contributed by atoms with van der Waals surface area (Å²) in [7, 11) is -1.41. The standard InChI is InChI=1S/C13H20BNO3/c1-11-10-12(14(16)17)4-5-13(11)18-9-8-15-6-2-3-7-15/h4-5,10,16-17H,2-3,6-9H2,1H3. The van der Waals surface area contributed by atoms with Gasteiger partial charge in [0.2, 0.25) is 0 Å². The van der Waals surface area contributed by atoms with Crippen LogP contribution < -0.4 is 10.2 Å². The van der Waals surface area contributed by atoms with E-state index in [1.807, 2.05) is 6.92 Å². The van der Waals surface area contributed by atoms with Crippen molar-refractivity contribution in [2.75, 3.05) is 26.2 Å². The number of benzene rings is 1. The molecule has 1 heterocycles. The number of rotatable bonds is 5. The van der Waals surface area contributed by atoms with Crippen molar-refractivity contribution in [2.45, 2.75) is 19.8 Å². The number of ether oxygens (including phenoxy) is 1. The highest BCUT2D eigenvalue weighted by Gasteiger charge is 2.13. The molecular formula is C13H20BNO3. The Morgan fingerprint density at radius 2 is 2.00 bits per heavy atom. The highest BCUT2D eigenvalue weighted by Crippen LogP contribution is 2.16. The molecule has 1 fully saturated rings. The molecule has 0 amide bonds. The number of likely N-dealkylation sites (tertiary alicyclic amines) is 1. The molecule has 18 heavy (non-hydrogen) atoms. The first-order chi connectivity index (χ1) is 8.66. The Bertz CT molecular complexity index is 392. The molecule has 5 heteroatoms. The molecule has 0 atom stereocenters. The monoisotopic (exact) mass is 249 g/mol. The van der Waals surface area contributed by atoms with Crippen LogP contribution in [0.5, 0.6) is 5.75 Å². The van der Waals surface area contributed by atoms with Gasteiger partial charge in [-0.15, -0.1) is 0 Å². The van der Waals surface area contributed by atoms with E-state index in [4.69, 9.17) is 14.8 Å². The van der Waals surface area contributed by atoms with Crippen molar-refractivity contribution in [3.8, 4) is 5.75 Å². The molecule has 4 nitrogen and oxygen atoms in total. The van der Waals surface area contributed by atoms with E-state index < -0.39 is 7.12 Å². The van der Waals surface area contributed by atoms with E-state index in [9.17, 15) is 0 Å². The second-order valence-electron chi connectivity index (χ2n) is 4.80. The summed E-state index contributed by atoms with van der Waals surface area (Å²) in [6.07, 6.45) is 2.59. The van der Waals surface area contributed by atoms with E-state index in [2.05, 4.69) is 4.90 Å². The van der Waals surface area contributed by atoms with Gasteiger partial charge in [0.15, 0.2) is 0 Å². The molecule has 0 radical (unpaired) electrons. The summed E-state index contributed by atoms with van der Waals surface area (Å²) in [6, 6.07) is 5.23. The van der Waals surface area contributed by atoms with Gasteiger partial charge in [0, 0.05) is 6.54 Å². The quantitative estimate of drug-likeness (QED) is 0.729. The summed E-state index contributed by atoms with van der Waals surface area (Å²) < 4.78 is 5.73. The fourth-order valence-corrected chi connectivity index (χ4v) is 2.29. The average molecular weight is 249 g/mol. The molecule has 1 aliphatic rings. The minimum absolute atomic E-state index is 0.499. The van der Waals surface area contributed by atoms with Crippen molar-refractivity contribution in [3.63, 3.8) is 0 Å². The van der Waals surface area contributed by atoms with Gasteiger partial charge in [-0.25, -0.2) is 0 Å². The van der Waals surface area contributed by atoms with E-state index in [-0.39, 0.29) is 0 Å². The van der Waals surface area contributed by atoms with Crippen molar-refractivity contribution in [1.29, 1.82) is 0 Å². The van der Waals surface area contributed by atoms with Crippen LogP contribution in [0.1, 0.15) is 18.4 Å². The number of aryl methyl sites for hydroxylation is 1. The fraction of sp³-hybridized carbons (Fsp3) is 0.538. The molecule has 1 aromatic rings. The van der Waals surface area contributed by atoms with Gasteiger partial charge in [0.1, 0.15) is 12.4 Å². The van der Waals surface area contributed by atoms with E-state index in [1.54, 1.807) is 18.2 Å². The summed E-state index contributed by atoms with van der Waals surface area (Å²) in [5.41, 5.74) is 1.43. The minimum atomic E-state index is -1.41. The van der Waals surface area contributed by atoms with E-state index in [1.165, 1.54) is 25.9 Å². The molecule has 1 saturated heterocycles. The SMILES string of the molecule is Cc1cc(B(O)O)ccc1OCCN1CCCC1. The van der Waals surface area contributed by atoms with E-state index >= 15 is 0 Å². The van der Waals surface area contributed by atoms with Crippen LogP contribution in [0.2, 0.25) is 0 Å². The third-order valence-electron chi connectivity index (χ3n) is 3.36. The van der Waals surface area contributed by atoms with Crippen LogP contribution in [0, 0.1) is 6.92 Å². The molecule has 0 aromatic heterocycles.